The number of nitrogens with one attached hydrogen (secondary N) is 1. The predicted molar refractivity (Wildman–Crippen MR) is 130 cm³/mol. The number of methoxy groups -OCH3 is 1. The Morgan fingerprint density at radius 2 is 1.84 bits per heavy atom. The molecular formula is C25H35N3O3S. The molecule has 6 nitrogen and oxygen atoms in total. The number of benzene rings is 1. The largest absolute Gasteiger partial charge is 0.495 e. The first-order valence-corrected chi connectivity index (χ1v) is 12.0. The van der Waals surface area contributed by atoms with Crippen molar-refractivity contribution in [3.63, 3.8) is 0 Å². The second kappa shape index (κ2) is 10.5. The highest BCUT2D eigenvalue weighted by Gasteiger charge is 2.31. The first-order valence-electron chi connectivity index (χ1n) is 11.1. The highest BCUT2D eigenvalue weighted by atomic mass is 32.1. The lowest BCUT2D eigenvalue weighted by atomic mass is 9.91. The Labute approximate surface area is 195 Å². The molecule has 1 fully saturated rings. The lowest BCUT2D eigenvalue weighted by molar-refractivity contribution is -0.126. The average molecular weight is 458 g/mol. The first-order chi connectivity index (χ1) is 15.2. The summed E-state index contributed by atoms with van der Waals surface area (Å²) < 4.78 is 5.51. The maximum atomic E-state index is 13.2. The summed E-state index contributed by atoms with van der Waals surface area (Å²) in [5.41, 5.74) is 1.09. The van der Waals surface area contributed by atoms with Crippen molar-refractivity contribution in [3.05, 3.63) is 41.3 Å². The number of rotatable bonds is 8. The van der Waals surface area contributed by atoms with E-state index in [1.54, 1.807) is 7.11 Å². The van der Waals surface area contributed by atoms with Crippen molar-refractivity contribution in [1.29, 1.82) is 0 Å². The summed E-state index contributed by atoms with van der Waals surface area (Å²) >= 11 is 1.46. The molecule has 0 atom stereocenters. The number of ether oxygens (including phenoxy) is 1. The van der Waals surface area contributed by atoms with Gasteiger partial charge in [-0.25, -0.2) is 0 Å². The van der Waals surface area contributed by atoms with Crippen LogP contribution < -0.4 is 10.1 Å². The number of thiophene rings is 1. The smallest absolute Gasteiger partial charge is 0.267 e. The van der Waals surface area contributed by atoms with Crippen LogP contribution >= 0.6 is 11.3 Å². The summed E-state index contributed by atoms with van der Waals surface area (Å²) in [6.45, 7) is 7.05. The van der Waals surface area contributed by atoms with E-state index in [1.807, 2.05) is 55.4 Å². The number of amides is 2. The van der Waals surface area contributed by atoms with Crippen LogP contribution in [0.25, 0.3) is 10.4 Å². The zero-order valence-electron chi connectivity index (χ0n) is 19.8. The number of likely N-dealkylation sites (tertiary alicyclic amines) is 1. The van der Waals surface area contributed by atoms with Crippen LogP contribution in [0.15, 0.2) is 36.4 Å². The Bertz CT molecular complexity index is 916. The second-order valence-corrected chi connectivity index (χ2v) is 10.6. The molecule has 1 aliphatic heterocycles. The fraction of sp³-hybridized carbons (Fsp3) is 0.520. The molecule has 3 rings (SSSR count). The van der Waals surface area contributed by atoms with Crippen molar-refractivity contribution in [2.45, 2.75) is 26.7 Å². The molecule has 0 saturated carbocycles. The summed E-state index contributed by atoms with van der Waals surface area (Å²) in [5, 5.41) is 3.13. The third-order valence-corrected chi connectivity index (χ3v) is 6.96. The summed E-state index contributed by atoms with van der Waals surface area (Å²) in [6, 6.07) is 11.9. The average Bonchev–Trinajstić information content (AvgIpc) is 3.21. The SMILES string of the molecule is COc1cc(-c2ccccc2)sc1C(=O)N1CCC(C(=O)NCC(C)(C)CN(C)C)CC1. The molecular weight excluding hydrogens is 422 g/mol. The van der Waals surface area contributed by atoms with Crippen molar-refractivity contribution >= 4 is 23.2 Å². The van der Waals surface area contributed by atoms with Crippen molar-refractivity contribution < 1.29 is 14.3 Å². The van der Waals surface area contributed by atoms with Gasteiger partial charge in [-0.2, -0.15) is 0 Å². The molecule has 174 valence electrons. The van der Waals surface area contributed by atoms with Crippen LogP contribution in [0.5, 0.6) is 5.75 Å². The maximum absolute atomic E-state index is 13.2. The number of hydrogen-bond acceptors (Lipinski definition) is 5. The number of piperidine rings is 1. The Morgan fingerprint density at radius 1 is 1.19 bits per heavy atom. The zero-order chi connectivity index (χ0) is 23.3. The lowest BCUT2D eigenvalue weighted by Crippen LogP contribution is -2.46. The van der Waals surface area contributed by atoms with E-state index in [0.717, 1.165) is 17.0 Å². The van der Waals surface area contributed by atoms with E-state index in [1.165, 1.54) is 11.3 Å². The van der Waals surface area contributed by atoms with Gasteiger partial charge in [0.15, 0.2) is 0 Å². The predicted octanol–water partition coefficient (Wildman–Crippen LogP) is 3.98. The van der Waals surface area contributed by atoms with Crippen molar-refractivity contribution in [3.8, 4) is 16.2 Å². The Hall–Kier alpha value is -2.38. The van der Waals surface area contributed by atoms with Gasteiger partial charge in [0.2, 0.25) is 5.91 Å². The highest BCUT2D eigenvalue weighted by Crippen LogP contribution is 2.37. The van der Waals surface area contributed by atoms with Crippen LogP contribution in [-0.4, -0.2) is 69.0 Å². The normalized spacial score (nSPS) is 15.1. The van der Waals surface area contributed by atoms with Gasteiger partial charge in [-0.15, -0.1) is 11.3 Å². The Balaban J connectivity index is 1.58. The van der Waals surface area contributed by atoms with Crippen molar-refractivity contribution in [2.24, 2.45) is 11.3 Å². The van der Waals surface area contributed by atoms with E-state index in [9.17, 15) is 9.59 Å². The zero-order valence-corrected chi connectivity index (χ0v) is 20.6. The minimum Gasteiger partial charge on any atom is -0.495 e. The molecule has 32 heavy (non-hydrogen) atoms. The van der Waals surface area contributed by atoms with Crippen LogP contribution in [0.3, 0.4) is 0 Å². The first kappa shape index (κ1) is 24.3. The van der Waals surface area contributed by atoms with Crippen LogP contribution in [0.2, 0.25) is 0 Å². The molecule has 0 aliphatic carbocycles. The number of carbonyl (C=O) groups excluding carboxylic acids is 2. The third kappa shape index (κ3) is 6.11. The monoisotopic (exact) mass is 457 g/mol. The van der Waals surface area contributed by atoms with Gasteiger partial charge in [0, 0.05) is 37.0 Å². The fourth-order valence-electron chi connectivity index (χ4n) is 4.29. The summed E-state index contributed by atoms with van der Waals surface area (Å²) in [5.74, 6) is 0.658. The Morgan fingerprint density at radius 3 is 2.44 bits per heavy atom. The molecule has 2 amide bonds. The quantitative estimate of drug-likeness (QED) is 0.651. The molecule has 2 aromatic rings. The van der Waals surface area contributed by atoms with Gasteiger partial charge in [0.1, 0.15) is 10.6 Å². The van der Waals surface area contributed by atoms with Crippen molar-refractivity contribution in [1.82, 2.24) is 15.1 Å². The van der Waals surface area contributed by atoms with Gasteiger partial charge in [-0.3, -0.25) is 9.59 Å². The molecule has 1 N–H and O–H groups in total. The third-order valence-electron chi connectivity index (χ3n) is 5.81. The summed E-state index contributed by atoms with van der Waals surface area (Å²) in [4.78, 5) is 31.5. The second-order valence-electron chi connectivity index (χ2n) is 9.56. The Kier molecular flexibility index (Phi) is 7.96. The molecule has 2 heterocycles. The van der Waals surface area contributed by atoms with E-state index < -0.39 is 0 Å². The lowest BCUT2D eigenvalue weighted by Gasteiger charge is -2.33. The molecule has 0 unspecified atom stereocenters. The number of carbonyl (C=O) groups is 2. The maximum Gasteiger partial charge on any atom is 0.267 e. The number of nitrogens with zero attached hydrogens (tertiary/aromatic N) is 2. The van der Waals surface area contributed by atoms with Gasteiger partial charge >= 0.3 is 0 Å². The van der Waals surface area contributed by atoms with Crippen LogP contribution in [0.1, 0.15) is 36.4 Å². The van der Waals surface area contributed by atoms with Gasteiger partial charge < -0.3 is 19.9 Å². The fourth-order valence-corrected chi connectivity index (χ4v) is 5.39. The van der Waals surface area contributed by atoms with Crippen molar-refractivity contribution in [2.75, 3.05) is 47.4 Å². The molecule has 1 saturated heterocycles. The van der Waals surface area contributed by atoms with E-state index >= 15 is 0 Å². The van der Waals surface area contributed by atoms with E-state index in [2.05, 4.69) is 24.1 Å². The minimum absolute atomic E-state index is 0.0139. The van der Waals surface area contributed by atoms with Crippen LogP contribution in [0, 0.1) is 11.3 Å². The van der Waals surface area contributed by atoms with Gasteiger partial charge in [0.25, 0.3) is 5.91 Å². The molecule has 0 radical (unpaired) electrons. The standard InChI is InChI=1S/C25H35N3O3S/c1-25(2,17-27(3)4)16-26-23(29)19-11-13-28(14-12-19)24(30)22-20(31-5)15-21(32-22)18-9-7-6-8-10-18/h6-10,15,19H,11-14,16-17H2,1-5H3,(H,26,29). The van der Waals surface area contributed by atoms with E-state index in [0.29, 0.717) is 43.1 Å². The number of hydrogen-bond donors (Lipinski definition) is 1. The topological polar surface area (TPSA) is 61.9 Å². The molecule has 1 aromatic carbocycles. The van der Waals surface area contributed by atoms with Gasteiger partial charge in [0.05, 0.1) is 7.11 Å². The van der Waals surface area contributed by atoms with Crippen LogP contribution in [0.4, 0.5) is 0 Å². The minimum atomic E-state index is -0.0423. The highest BCUT2D eigenvalue weighted by molar-refractivity contribution is 7.17. The summed E-state index contributed by atoms with van der Waals surface area (Å²) in [6.07, 6.45) is 1.37. The summed E-state index contributed by atoms with van der Waals surface area (Å²) in [7, 11) is 5.69. The van der Waals surface area contributed by atoms with Gasteiger partial charge in [-0.05, 0) is 44.0 Å². The van der Waals surface area contributed by atoms with E-state index in [4.69, 9.17) is 4.74 Å². The molecule has 1 aliphatic rings. The van der Waals surface area contributed by atoms with E-state index in [-0.39, 0.29) is 23.1 Å². The van der Waals surface area contributed by atoms with Gasteiger partial charge in [-0.1, -0.05) is 44.2 Å². The van der Waals surface area contributed by atoms with Crippen LogP contribution in [-0.2, 0) is 4.79 Å². The molecule has 0 bridgehead atoms. The molecule has 1 aromatic heterocycles. The molecule has 7 heteroatoms. The molecule has 0 spiro atoms.